The van der Waals surface area contributed by atoms with E-state index in [1.165, 1.54) is 7.05 Å². The van der Waals surface area contributed by atoms with Gasteiger partial charge in [-0.25, -0.2) is 0 Å². The molecule has 1 heterocycles. The third-order valence-corrected chi connectivity index (χ3v) is 4.08. The maximum atomic E-state index is 12.0. The number of para-hydroxylation sites is 2. The zero-order valence-corrected chi connectivity index (χ0v) is 15.6. The number of hydrogen-bond acceptors (Lipinski definition) is 6. The molecule has 0 saturated carbocycles. The maximum absolute atomic E-state index is 12.0. The van der Waals surface area contributed by atoms with Crippen molar-refractivity contribution in [2.24, 2.45) is 0 Å². The van der Waals surface area contributed by atoms with Gasteiger partial charge in [0.15, 0.2) is 12.7 Å². The minimum absolute atomic E-state index is 0.242. The summed E-state index contributed by atoms with van der Waals surface area (Å²) >= 11 is 0. The van der Waals surface area contributed by atoms with Crippen molar-refractivity contribution < 1.29 is 28.7 Å². The summed E-state index contributed by atoms with van der Waals surface area (Å²) in [5.74, 6) is -1.53. The van der Waals surface area contributed by atoms with Crippen LogP contribution in [0.2, 0.25) is 0 Å². The van der Waals surface area contributed by atoms with Gasteiger partial charge in [-0.2, -0.15) is 0 Å². The molecule has 1 atom stereocenters. The van der Waals surface area contributed by atoms with Gasteiger partial charge in [-0.1, -0.05) is 12.1 Å². The highest BCUT2D eigenvalue weighted by Crippen LogP contribution is 2.29. The summed E-state index contributed by atoms with van der Waals surface area (Å²) in [6.07, 6.45) is -1.36. The van der Waals surface area contributed by atoms with Crippen molar-refractivity contribution in [1.29, 1.82) is 0 Å². The van der Waals surface area contributed by atoms with Crippen LogP contribution in [0.4, 0.5) is 11.4 Å². The van der Waals surface area contributed by atoms with E-state index in [0.717, 1.165) is 0 Å². The summed E-state index contributed by atoms with van der Waals surface area (Å²) in [5.41, 5.74) is 1.43. The molecule has 9 heteroatoms. The minimum Gasteiger partial charge on any atom is -0.478 e. The van der Waals surface area contributed by atoms with Gasteiger partial charge in [0.1, 0.15) is 5.75 Å². The molecule has 1 aliphatic rings. The van der Waals surface area contributed by atoms with Crippen LogP contribution >= 0.6 is 0 Å². The van der Waals surface area contributed by atoms with Crippen molar-refractivity contribution in [2.75, 3.05) is 24.3 Å². The normalized spacial score (nSPS) is 14.7. The van der Waals surface area contributed by atoms with Crippen molar-refractivity contribution >= 4 is 35.1 Å². The Morgan fingerprint density at radius 2 is 1.83 bits per heavy atom. The average molecular weight is 397 g/mol. The monoisotopic (exact) mass is 397 g/mol. The highest BCUT2D eigenvalue weighted by molar-refractivity contribution is 6.00. The van der Waals surface area contributed by atoms with Gasteiger partial charge in [0.2, 0.25) is 0 Å². The van der Waals surface area contributed by atoms with Crippen LogP contribution in [0.25, 0.3) is 0 Å². The van der Waals surface area contributed by atoms with Gasteiger partial charge in [0, 0.05) is 18.3 Å². The fourth-order valence-electron chi connectivity index (χ4n) is 2.63. The Morgan fingerprint density at radius 1 is 1.10 bits per heavy atom. The van der Waals surface area contributed by atoms with Crippen molar-refractivity contribution in [1.82, 2.24) is 5.32 Å². The van der Waals surface area contributed by atoms with Crippen molar-refractivity contribution in [3.8, 4) is 5.75 Å². The number of nitrogens with one attached hydrogen (secondary N) is 3. The first-order valence-electron chi connectivity index (χ1n) is 8.80. The number of hydrogen-bond donors (Lipinski definition) is 3. The molecular formula is C20H19N3O6. The summed E-state index contributed by atoms with van der Waals surface area (Å²) in [4.78, 5) is 47.4. The Labute approximate surface area is 166 Å². The Kier molecular flexibility index (Phi) is 6.08. The predicted molar refractivity (Wildman–Crippen MR) is 104 cm³/mol. The van der Waals surface area contributed by atoms with E-state index in [1.54, 1.807) is 48.5 Å². The second-order valence-corrected chi connectivity index (χ2v) is 6.16. The Morgan fingerprint density at radius 3 is 2.55 bits per heavy atom. The summed E-state index contributed by atoms with van der Waals surface area (Å²) in [7, 11) is 1.52. The number of carbonyl (C=O) groups is 4. The molecule has 0 radical (unpaired) electrons. The van der Waals surface area contributed by atoms with Crippen LogP contribution < -0.4 is 20.7 Å². The topological polar surface area (TPSA) is 123 Å². The Bertz CT molecular complexity index is 941. The van der Waals surface area contributed by atoms with Crippen LogP contribution in [0.15, 0.2) is 48.5 Å². The van der Waals surface area contributed by atoms with Crippen LogP contribution in [-0.2, 0) is 19.1 Å². The standard InChI is InChI=1S/C20H19N3O6/c1-21-19(26)12-6-8-13(9-7-12)22-17(24)11-28-18(25)10-16-20(27)23-14-4-2-3-5-15(14)29-16/h2-9,16H,10-11H2,1H3,(H,21,26)(H,22,24)(H,23,27). The highest BCUT2D eigenvalue weighted by atomic mass is 16.5. The highest BCUT2D eigenvalue weighted by Gasteiger charge is 2.30. The van der Waals surface area contributed by atoms with E-state index in [-0.39, 0.29) is 12.3 Å². The second kappa shape index (κ2) is 8.87. The molecule has 2 aromatic rings. The molecule has 0 saturated heterocycles. The molecule has 0 bridgehead atoms. The van der Waals surface area contributed by atoms with Crippen LogP contribution in [0.1, 0.15) is 16.8 Å². The third kappa shape index (κ3) is 5.10. The molecule has 9 nitrogen and oxygen atoms in total. The molecule has 1 aliphatic heterocycles. The SMILES string of the molecule is CNC(=O)c1ccc(NC(=O)COC(=O)CC2Oc3ccccc3NC2=O)cc1. The number of fused-ring (bicyclic) bond motifs is 1. The van der Waals surface area contributed by atoms with Crippen molar-refractivity contribution in [2.45, 2.75) is 12.5 Å². The predicted octanol–water partition coefficient (Wildman–Crippen LogP) is 1.32. The molecule has 3 amide bonds. The molecule has 29 heavy (non-hydrogen) atoms. The Balaban J connectivity index is 1.46. The average Bonchev–Trinajstić information content (AvgIpc) is 2.73. The van der Waals surface area contributed by atoms with Gasteiger partial charge in [-0.3, -0.25) is 19.2 Å². The fourth-order valence-corrected chi connectivity index (χ4v) is 2.63. The van der Waals surface area contributed by atoms with E-state index in [0.29, 0.717) is 22.7 Å². The molecule has 0 aromatic heterocycles. The van der Waals surface area contributed by atoms with Crippen LogP contribution in [0, 0.1) is 0 Å². The molecular weight excluding hydrogens is 378 g/mol. The molecule has 3 rings (SSSR count). The van der Waals surface area contributed by atoms with E-state index in [2.05, 4.69) is 16.0 Å². The van der Waals surface area contributed by atoms with Crippen LogP contribution in [0.3, 0.4) is 0 Å². The molecule has 0 fully saturated rings. The summed E-state index contributed by atoms with van der Waals surface area (Å²) in [6, 6.07) is 13.1. The molecule has 0 spiro atoms. The van der Waals surface area contributed by atoms with E-state index >= 15 is 0 Å². The number of ether oxygens (including phenoxy) is 2. The first-order chi connectivity index (χ1) is 14.0. The maximum Gasteiger partial charge on any atom is 0.310 e. The Hall–Kier alpha value is -3.88. The molecule has 0 aliphatic carbocycles. The smallest absolute Gasteiger partial charge is 0.310 e. The van der Waals surface area contributed by atoms with Gasteiger partial charge in [-0.05, 0) is 36.4 Å². The lowest BCUT2D eigenvalue weighted by atomic mass is 10.1. The third-order valence-electron chi connectivity index (χ3n) is 4.08. The number of amides is 3. The zero-order valence-electron chi connectivity index (χ0n) is 15.6. The first-order valence-corrected chi connectivity index (χ1v) is 8.80. The second-order valence-electron chi connectivity index (χ2n) is 6.16. The van der Waals surface area contributed by atoms with Gasteiger partial charge < -0.3 is 25.4 Å². The fraction of sp³-hybridized carbons (Fsp3) is 0.200. The van der Waals surface area contributed by atoms with Crippen molar-refractivity contribution in [3.63, 3.8) is 0 Å². The van der Waals surface area contributed by atoms with Gasteiger partial charge in [0.05, 0.1) is 12.1 Å². The van der Waals surface area contributed by atoms with E-state index in [9.17, 15) is 19.2 Å². The number of rotatable bonds is 6. The molecule has 3 N–H and O–H groups in total. The number of anilines is 2. The lowest BCUT2D eigenvalue weighted by molar-refractivity contribution is -0.150. The number of esters is 1. The summed E-state index contributed by atoms with van der Waals surface area (Å²) in [6.45, 7) is -0.513. The summed E-state index contributed by atoms with van der Waals surface area (Å²) in [5, 5.41) is 7.69. The lowest BCUT2D eigenvalue weighted by Gasteiger charge is -2.25. The number of benzene rings is 2. The molecule has 150 valence electrons. The van der Waals surface area contributed by atoms with E-state index in [4.69, 9.17) is 9.47 Å². The molecule has 1 unspecified atom stereocenters. The first kappa shape index (κ1) is 19.9. The minimum atomic E-state index is -1.03. The van der Waals surface area contributed by atoms with E-state index < -0.39 is 30.5 Å². The van der Waals surface area contributed by atoms with Gasteiger partial charge in [0.25, 0.3) is 17.7 Å². The quantitative estimate of drug-likeness (QED) is 0.632. The van der Waals surface area contributed by atoms with Crippen LogP contribution in [0.5, 0.6) is 5.75 Å². The van der Waals surface area contributed by atoms with Gasteiger partial charge in [-0.15, -0.1) is 0 Å². The largest absolute Gasteiger partial charge is 0.478 e. The van der Waals surface area contributed by atoms with Crippen LogP contribution in [-0.4, -0.2) is 43.4 Å². The molecule has 2 aromatic carbocycles. The zero-order chi connectivity index (χ0) is 20.8. The number of carbonyl (C=O) groups excluding carboxylic acids is 4. The van der Waals surface area contributed by atoms with Gasteiger partial charge >= 0.3 is 5.97 Å². The van der Waals surface area contributed by atoms with E-state index in [1.807, 2.05) is 0 Å². The van der Waals surface area contributed by atoms with Crippen molar-refractivity contribution in [3.05, 3.63) is 54.1 Å². The summed E-state index contributed by atoms with van der Waals surface area (Å²) < 4.78 is 10.4. The lowest BCUT2D eigenvalue weighted by Crippen LogP contribution is -2.39.